The number of hydrogen-bond acceptors (Lipinski definition) is 5. The molecule has 5 nitrogen and oxygen atoms in total. The maximum Gasteiger partial charge on any atom is 0.225 e. The summed E-state index contributed by atoms with van der Waals surface area (Å²) in [7, 11) is 1.66. The Kier molecular flexibility index (Phi) is 5.14. The number of nitrogens with one attached hydrogen (secondary N) is 2. The number of aromatic nitrogens is 2. The van der Waals surface area contributed by atoms with Crippen molar-refractivity contribution in [2.24, 2.45) is 0 Å². The summed E-state index contributed by atoms with van der Waals surface area (Å²) in [5.41, 5.74) is 4.26. The van der Waals surface area contributed by atoms with Crippen LogP contribution in [0.2, 0.25) is 0 Å². The molecule has 0 fully saturated rings. The van der Waals surface area contributed by atoms with E-state index in [1.807, 2.05) is 55.5 Å². The first-order chi connectivity index (χ1) is 12.1. The van der Waals surface area contributed by atoms with Gasteiger partial charge in [0.1, 0.15) is 11.6 Å². The first-order valence-corrected chi connectivity index (χ1v) is 8.19. The number of ether oxygens (including phenoxy) is 1. The first kappa shape index (κ1) is 16.8. The molecule has 1 heterocycles. The summed E-state index contributed by atoms with van der Waals surface area (Å²) in [6, 6.07) is 18.0. The lowest BCUT2D eigenvalue weighted by atomic mass is 10.2. The van der Waals surface area contributed by atoms with Crippen molar-refractivity contribution in [2.45, 2.75) is 20.4 Å². The zero-order valence-electron chi connectivity index (χ0n) is 14.7. The summed E-state index contributed by atoms with van der Waals surface area (Å²) in [6.45, 7) is 4.68. The number of nitrogens with zero attached hydrogens (tertiary/aromatic N) is 2. The molecule has 0 saturated carbocycles. The highest BCUT2D eigenvalue weighted by Crippen LogP contribution is 2.20. The number of rotatable bonds is 6. The van der Waals surface area contributed by atoms with E-state index in [9.17, 15) is 0 Å². The monoisotopic (exact) mass is 334 g/mol. The molecule has 0 spiro atoms. The molecule has 0 saturated heterocycles. The van der Waals surface area contributed by atoms with Gasteiger partial charge < -0.3 is 15.4 Å². The Balaban J connectivity index is 1.71. The molecule has 3 rings (SSSR count). The van der Waals surface area contributed by atoms with Gasteiger partial charge in [-0.05, 0) is 43.2 Å². The van der Waals surface area contributed by atoms with Crippen LogP contribution >= 0.6 is 0 Å². The molecule has 0 unspecified atom stereocenters. The van der Waals surface area contributed by atoms with Gasteiger partial charge in [0.2, 0.25) is 5.95 Å². The molecule has 0 aliphatic heterocycles. The molecule has 0 aliphatic carbocycles. The molecule has 128 valence electrons. The van der Waals surface area contributed by atoms with Gasteiger partial charge in [0, 0.05) is 24.0 Å². The minimum Gasteiger partial charge on any atom is -0.497 e. The first-order valence-electron chi connectivity index (χ1n) is 8.19. The second-order valence-corrected chi connectivity index (χ2v) is 5.86. The van der Waals surface area contributed by atoms with Crippen molar-refractivity contribution in [1.82, 2.24) is 9.97 Å². The number of anilines is 3. The number of para-hydroxylation sites is 1. The molecule has 0 amide bonds. The van der Waals surface area contributed by atoms with Gasteiger partial charge in [0.15, 0.2) is 0 Å². The van der Waals surface area contributed by atoms with E-state index in [1.54, 1.807) is 7.11 Å². The average Bonchev–Trinajstić information content (AvgIpc) is 2.62. The number of aryl methyl sites for hydroxylation is 2. The third-order valence-corrected chi connectivity index (χ3v) is 3.87. The summed E-state index contributed by atoms with van der Waals surface area (Å²) in [6.07, 6.45) is 0. The second kappa shape index (κ2) is 7.66. The maximum atomic E-state index is 5.18. The van der Waals surface area contributed by atoms with E-state index in [0.717, 1.165) is 28.5 Å². The van der Waals surface area contributed by atoms with E-state index in [0.29, 0.717) is 12.5 Å². The Labute approximate surface area is 148 Å². The minimum atomic E-state index is 0.604. The van der Waals surface area contributed by atoms with Crippen molar-refractivity contribution < 1.29 is 4.74 Å². The van der Waals surface area contributed by atoms with E-state index in [1.165, 1.54) is 5.56 Å². The molecule has 0 radical (unpaired) electrons. The zero-order chi connectivity index (χ0) is 17.6. The Hall–Kier alpha value is -3.08. The van der Waals surface area contributed by atoms with E-state index in [2.05, 4.69) is 33.6 Å². The number of hydrogen-bond donors (Lipinski definition) is 2. The molecule has 25 heavy (non-hydrogen) atoms. The molecule has 2 N–H and O–H groups in total. The Morgan fingerprint density at radius 1 is 0.960 bits per heavy atom. The summed E-state index contributed by atoms with van der Waals surface area (Å²) in [5.74, 6) is 2.23. The normalized spacial score (nSPS) is 10.4. The third-order valence-electron chi connectivity index (χ3n) is 3.87. The summed E-state index contributed by atoms with van der Waals surface area (Å²) in [5, 5.41) is 6.64. The van der Waals surface area contributed by atoms with Crippen molar-refractivity contribution in [2.75, 3.05) is 17.7 Å². The zero-order valence-corrected chi connectivity index (χ0v) is 14.7. The predicted octanol–water partition coefficient (Wildman–Crippen LogP) is 4.46. The van der Waals surface area contributed by atoms with Crippen LogP contribution in [0.5, 0.6) is 5.75 Å². The predicted molar refractivity (Wildman–Crippen MR) is 102 cm³/mol. The van der Waals surface area contributed by atoms with E-state index in [4.69, 9.17) is 4.74 Å². The van der Waals surface area contributed by atoms with Crippen molar-refractivity contribution in [3.05, 3.63) is 71.4 Å². The summed E-state index contributed by atoms with van der Waals surface area (Å²) in [4.78, 5) is 9.02. The standard InChI is InChI=1S/C20H22N4O/c1-14-6-4-5-7-18(14)23-19-12-15(2)22-20(24-19)21-13-16-8-10-17(25-3)11-9-16/h4-12H,13H2,1-3H3,(H2,21,22,23,24). The molecule has 0 bridgehead atoms. The SMILES string of the molecule is COc1ccc(CNc2nc(C)cc(Nc3ccccc3C)n2)cc1. The molecule has 3 aromatic rings. The fourth-order valence-electron chi connectivity index (χ4n) is 2.49. The molecular weight excluding hydrogens is 312 g/mol. The third kappa shape index (κ3) is 4.47. The summed E-state index contributed by atoms with van der Waals surface area (Å²) >= 11 is 0. The molecular formula is C20H22N4O. The van der Waals surface area contributed by atoms with Crippen LogP contribution in [0.1, 0.15) is 16.8 Å². The maximum absolute atomic E-state index is 5.18. The van der Waals surface area contributed by atoms with Crippen LogP contribution in [0, 0.1) is 13.8 Å². The van der Waals surface area contributed by atoms with E-state index in [-0.39, 0.29) is 0 Å². The smallest absolute Gasteiger partial charge is 0.225 e. The Morgan fingerprint density at radius 3 is 2.44 bits per heavy atom. The van der Waals surface area contributed by atoms with Crippen LogP contribution in [-0.4, -0.2) is 17.1 Å². The fourth-order valence-corrected chi connectivity index (χ4v) is 2.49. The van der Waals surface area contributed by atoms with Gasteiger partial charge in [0.05, 0.1) is 7.11 Å². The second-order valence-electron chi connectivity index (χ2n) is 5.86. The van der Waals surface area contributed by atoms with Crippen molar-refractivity contribution in [3.63, 3.8) is 0 Å². The van der Waals surface area contributed by atoms with Gasteiger partial charge >= 0.3 is 0 Å². The highest BCUT2D eigenvalue weighted by Gasteiger charge is 2.04. The highest BCUT2D eigenvalue weighted by molar-refractivity contribution is 5.61. The number of benzene rings is 2. The largest absolute Gasteiger partial charge is 0.497 e. The van der Waals surface area contributed by atoms with Crippen LogP contribution < -0.4 is 15.4 Å². The molecule has 5 heteroatoms. The Bertz CT molecular complexity index is 847. The van der Waals surface area contributed by atoms with Crippen LogP contribution in [0.15, 0.2) is 54.6 Å². The lowest BCUT2D eigenvalue weighted by Crippen LogP contribution is -2.06. The van der Waals surface area contributed by atoms with E-state index >= 15 is 0 Å². The molecule has 1 aromatic heterocycles. The van der Waals surface area contributed by atoms with Crippen molar-refractivity contribution >= 4 is 17.5 Å². The quantitative estimate of drug-likeness (QED) is 0.697. The van der Waals surface area contributed by atoms with Gasteiger partial charge in [-0.2, -0.15) is 4.98 Å². The van der Waals surface area contributed by atoms with Crippen LogP contribution in [0.4, 0.5) is 17.5 Å². The lowest BCUT2D eigenvalue weighted by Gasteiger charge is -2.11. The molecule has 0 atom stereocenters. The van der Waals surface area contributed by atoms with Gasteiger partial charge in [-0.1, -0.05) is 30.3 Å². The minimum absolute atomic E-state index is 0.604. The lowest BCUT2D eigenvalue weighted by molar-refractivity contribution is 0.414. The van der Waals surface area contributed by atoms with E-state index < -0.39 is 0 Å². The van der Waals surface area contributed by atoms with Crippen molar-refractivity contribution in [3.8, 4) is 5.75 Å². The average molecular weight is 334 g/mol. The fraction of sp³-hybridized carbons (Fsp3) is 0.200. The van der Waals surface area contributed by atoms with Crippen LogP contribution in [0.25, 0.3) is 0 Å². The highest BCUT2D eigenvalue weighted by atomic mass is 16.5. The van der Waals surface area contributed by atoms with Crippen molar-refractivity contribution in [1.29, 1.82) is 0 Å². The number of methoxy groups -OCH3 is 1. The van der Waals surface area contributed by atoms with Gasteiger partial charge in [-0.15, -0.1) is 0 Å². The van der Waals surface area contributed by atoms with Gasteiger partial charge in [-0.3, -0.25) is 0 Å². The van der Waals surface area contributed by atoms with Gasteiger partial charge in [-0.25, -0.2) is 4.98 Å². The molecule has 2 aromatic carbocycles. The molecule has 0 aliphatic rings. The van der Waals surface area contributed by atoms with Crippen LogP contribution in [-0.2, 0) is 6.54 Å². The topological polar surface area (TPSA) is 59.1 Å². The Morgan fingerprint density at radius 2 is 1.72 bits per heavy atom. The summed E-state index contributed by atoms with van der Waals surface area (Å²) < 4.78 is 5.18. The van der Waals surface area contributed by atoms with Gasteiger partial charge in [0.25, 0.3) is 0 Å². The van der Waals surface area contributed by atoms with Crippen LogP contribution in [0.3, 0.4) is 0 Å².